The monoisotopic (exact) mass is 220 g/mol. The van der Waals surface area contributed by atoms with Crippen LogP contribution in [-0.2, 0) is 13.0 Å². The van der Waals surface area contributed by atoms with E-state index in [0.717, 1.165) is 24.4 Å². The lowest BCUT2D eigenvalue weighted by Gasteiger charge is -1.98. The summed E-state index contributed by atoms with van der Waals surface area (Å²) in [4.78, 5) is 4.41. The van der Waals surface area contributed by atoms with Crippen molar-refractivity contribution >= 4 is 5.82 Å². The van der Waals surface area contributed by atoms with E-state index in [1.165, 1.54) is 4.68 Å². The molecule has 0 bridgehead atoms. The Morgan fingerprint density at radius 2 is 2.12 bits per heavy atom. The second kappa shape index (κ2) is 3.88. The van der Waals surface area contributed by atoms with Crippen LogP contribution in [0.1, 0.15) is 19.7 Å². The van der Waals surface area contributed by atoms with Crippen molar-refractivity contribution in [3.05, 3.63) is 18.2 Å². The number of imidazole rings is 1. The first-order valence-electron chi connectivity index (χ1n) is 5.32. The van der Waals surface area contributed by atoms with Crippen molar-refractivity contribution in [1.82, 2.24) is 19.4 Å². The minimum atomic E-state index is 0.479. The summed E-state index contributed by atoms with van der Waals surface area (Å²) in [7, 11) is 0. The van der Waals surface area contributed by atoms with Crippen molar-refractivity contribution in [3.8, 4) is 11.3 Å². The second-order valence-electron chi connectivity index (χ2n) is 3.57. The van der Waals surface area contributed by atoms with E-state index in [4.69, 9.17) is 11.6 Å². The smallest absolute Gasteiger partial charge is 0.150 e. The van der Waals surface area contributed by atoms with Gasteiger partial charge < -0.3 is 11.6 Å². The van der Waals surface area contributed by atoms with E-state index < -0.39 is 0 Å². The zero-order valence-corrected chi connectivity index (χ0v) is 9.51. The van der Waals surface area contributed by atoms with Crippen molar-refractivity contribution in [2.75, 3.05) is 11.6 Å². The third kappa shape index (κ3) is 1.52. The van der Waals surface area contributed by atoms with Gasteiger partial charge >= 0.3 is 0 Å². The molecule has 2 aromatic rings. The van der Waals surface area contributed by atoms with Crippen molar-refractivity contribution < 1.29 is 0 Å². The fourth-order valence-corrected chi connectivity index (χ4v) is 1.61. The first-order valence-corrected chi connectivity index (χ1v) is 5.32. The van der Waals surface area contributed by atoms with Gasteiger partial charge in [0.1, 0.15) is 11.5 Å². The lowest BCUT2D eigenvalue weighted by molar-refractivity contribution is 0.660. The Labute approximate surface area is 93.8 Å². The maximum absolute atomic E-state index is 5.90. The molecule has 0 aliphatic rings. The molecule has 0 saturated carbocycles. The van der Waals surface area contributed by atoms with Crippen LogP contribution in [0.2, 0.25) is 0 Å². The molecule has 0 unspecified atom stereocenters. The van der Waals surface area contributed by atoms with Gasteiger partial charge in [-0.25, -0.2) is 9.66 Å². The fraction of sp³-hybridized carbons (Fsp3) is 0.400. The van der Waals surface area contributed by atoms with Gasteiger partial charge in [0, 0.05) is 24.7 Å². The molecule has 0 aromatic carbocycles. The summed E-state index contributed by atoms with van der Waals surface area (Å²) in [6.45, 7) is 4.84. The summed E-state index contributed by atoms with van der Waals surface area (Å²) < 4.78 is 3.26. The molecular formula is C10H16N6. The average molecular weight is 220 g/mol. The Morgan fingerprint density at radius 1 is 1.38 bits per heavy atom. The predicted molar refractivity (Wildman–Crippen MR) is 63.1 cm³/mol. The molecule has 6 heteroatoms. The highest BCUT2D eigenvalue weighted by Crippen LogP contribution is 2.24. The molecule has 2 rings (SSSR count). The van der Waals surface area contributed by atoms with Crippen molar-refractivity contribution in [1.29, 1.82) is 0 Å². The summed E-state index contributed by atoms with van der Waals surface area (Å²) in [6, 6.07) is 0. The first-order chi connectivity index (χ1) is 7.67. The number of aromatic nitrogens is 4. The maximum atomic E-state index is 5.90. The number of anilines is 1. The zero-order valence-electron chi connectivity index (χ0n) is 9.51. The molecule has 16 heavy (non-hydrogen) atoms. The number of hydrogen-bond acceptors (Lipinski definition) is 4. The Hall–Kier alpha value is -1.98. The number of hydrogen-bond donors (Lipinski definition) is 2. The number of nitrogens with zero attached hydrogens (tertiary/aromatic N) is 4. The quantitative estimate of drug-likeness (QED) is 0.742. The number of nitrogen functional groups attached to an aromatic ring is 2. The Bertz CT molecular complexity index is 495. The van der Waals surface area contributed by atoms with Gasteiger partial charge in [0.25, 0.3) is 0 Å². The molecular weight excluding hydrogens is 204 g/mol. The summed E-state index contributed by atoms with van der Waals surface area (Å²) in [5, 5.41) is 4.19. The molecule has 0 saturated heterocycles. The molecule has 0 atom stereocenters. The molecule has 0 aliphatic heterocycles. The van der Waals surface area contributed by atoms with Crippen LogP contribution in [0.4, 0.5) is 5.82 Å². The number of aryl methyl sites for hydroxylation is 2. The van der Waals surface area contributed by atoms with Crippen molar-refractivity contribution in [2.24, 2.45) is 0 Å². The van der Waals surface area contributed by atoms with Crippen LogP contribution in [0.5, 0.6) is 0 Å². The lowest BCUT2D eigenvalue weighted by atomic mass is 10.2. The first kappa shape index (κ1) is 10.5. The van der Waals surface area contributed by atoms with Gasteiger partial charge in [0.2, 0.25) is 0 Å². The van der Waals surface area contributed by atoms with E-state index in [9.17, 15) is 0 Å². The molecule has 0 radical (unpaired) electrons. The van der Waals surface area contributed by atoms with Crippen molar-refractivity contribution in [2.45, 2.75) is 26.8 Å². The van der Waals surface area contributed by atoms with Crippen LogP contribution < -0.4 is 11.6 Å². The molecule has 0 spiro atoms. The van der Waals surface area contributed by atoms with Crippen LogP contribution in [0, 0.1) is 0 Å². The van der Waals surface area contributed by atoms with Gasteiger partial charge in [-0.15, -0.1) is 0 Å². The standard InChI is InChI=1S/C10H16N6/c1-3-8-14-9(10(11)16(8)12)7-5-13-15(4-2)6-7/h5-6H,3-4,11-12H2,1-2H3. The lowest BCUT2D eigenvalue weighted by Crippen LogP contribution is -2.14. The molecule has 2 heterocycles. The van der Waals surface area contributed by atoms with E-state index in [2.05, 4.69) is 10.1 Å². The molecule has 6 nitrogen and oxygen atoms in total. The minimum Gasteiger partial charge on any atom is -0.382 e. The summed E-state index contributed by atoms with van der Waals surface area (Å²) in [5.41, 5.74) is 7.51. The largest absolute Gasteiger partial charge is 0.382 e. The number of rotatable bonds is 3. The average Bonchev–Trinajstić information content (AvgIpc) is 2.86. The van der Waals surface area contributed by atoms with Gasteiger partial charge in [-0.05, 0) is 6.92 Å². The third-order valence-corrected chi connectivity index (χ3v) is 2.57. The van der Waals surface area contributed by atoms with Gasteiger partial charge in [-0.1, -0.05) is 6.92 Å². The van der Waals surface area contributed by atoms with E-state index in [0.29, 0.717) is 11.5 Å². The van der Waals surface area contributed by atoms with E-state index in [1.807, 2.05) is 24.7 Å². The topological polar surface area (TPSA) is 87.7 Å². The Morgan fingerprint density at radius 3 is 2.62 bits per heavy atom. The molecule has 0 aliphatic carbocycles. The fourth-order valence-electron chi connectivity index (χ4n) is 1.61. The highest BCUT2D eigenvalue weighted by atomic mass is 15.4. The molecule has 0 amide bonds. The van der Waals surface area contributed by atoms with Gasteiger partial charge in [0.15, 0.2) is 5.82 Å². The highest BCUT2D eigenvalue weighted by Gasteiger charge is 2.14. The van der Waals surface area contributed by atoms with Crippen LogP contribution >= 0.6 is 0 Å². The van der Waals surface area contributed by atoms with E-state index in [-0.39, 0.29) is 0 Å². The Balaban J connectivity index is 2.47. The normalized spacial score (nSPS) is 10.9. The van der Waals surface area contributed by atoms with E-state index >= 15 is 0 Å². The molecule has 86 valence electrons. The second-order valence-corrected chi connectivity index (χ2v) is 3.57. The van der Waals surface area contributed by atoms with Gasteiger partial charge in [-0.3, -0.25) is 4.68 Å². The molecule has 2 aromatic heterocycles. The third-order valence-electron chi connectivity index (χ3n) is 2.57. The SMILES string of the molecule is CCc1nc(-c2cnn(CC)c2)c(N)n1N. The van der Waals surface area contributed by atoms with Crippen LogP contribution in [0.3, 0.4) is 0 Å². The molecule has 4 N–H and O–H groups in total. The van der Waals surface area contributed by atoms with E-state index in [1.54, 1.807) is 6.20 Å². The Kier molecular flexibility index (Phi) is 2.55. The highest BCUT2D eigenvalue weighted by molar-refractivity contribution is 5.69. The summed E-state index contributed by atoms with van der Waals surface area (Å²) >= 11 is 0. The van der Waals surface area contributed by atoms with Gasteiger partial charge in [-0.2, -0.15) is 5.10 Å². The summed E-state index contributed by atoms with van der Waals surface area (Å²) in [6.07, 6.45) is 4.42. The maximum Gasteiger partial charge on any atom is 0.150 e. The molecule has 0 fully saturated rings. The summed E-state index contributed by atoms with van der Waals surface area (Å²) in [5.74, 6) is 7.05. The van der Waals surface area contributed by atoms with Gasteiger partial charge in [0.05, 0.1) is 6.20 Å². The predicted octanol–water partition coefficient (Wildman–Crippen LogP) is 0.625. The van der Waals surface area contributed by atoms with Crippen LogP contribution in [0.25, 0.3) is 11.3 Å². The van der Waals surface area contributed by atoms with Crippen LogP contribution in [0.15, 0.2) is 12.4 Å². The van der Waals surface area contributed by atoms with Crippen LogP contribution in [-0.4, -0.2) is 19.4 Å². The zero-order chi connectivity index (χ0) is 11.7. The minimum absolute atomic E-state index is 0.479. The number of nitrogens with two attached hydrogens (primary N) is 2. The van der Waals surface area contributed by atoms with Crippen molar-refractivity contribution in [3.63, 3.8) is 0 Å².